The summed E-state index contributed by atoms with van der Waals surface area (Å²) in [5, 5.41) is 0. The molecule has 0 radical (unpaired) electrons. The second kappa shape index (κ2) is 6.55. The van der Waals surface area contributed by atoms with Gasteiger partial charge in [-0.2, -0.15) is 0 Å². The van der Waals surface area contributed by atoms with E-state index in [2.05, 4.69) is 29.2 Å². The fourth-order valence-corrected chi connectivity index (χ4v) is 2.59. The molecule has 0 unspecified atom stereocenters. The topological polar surface area (TPSA) is 20.3 Å². The molecule has 19 heavy (non-hydrogen) atoms. The Morgan fingerprint density at radius 2 is 1.74 bits per heavy atom. The van der Waals surface area contributed by atoms with E-state index in [4.69, 9.17) is 0 Å². The van der Waals surface area contributed by atoms with Crippen molar-refractivity contribution >= 4 is 17.5 Å². The van der Waals surface area contributed by atoms with E-state index in [1.54, 1.807) is 6.08 Å². The zero-order valence-corrected chi connectivity index (χ0v) is 11.9. The van der Waals surface area contributed by atoms with E-state index in [1.165, 1.54) is 24.9 Å². The van der Waals surface area contributed by atoms with Crippen molar-refractivity contribution in [2.75, 3.05) is 19.0 Å². The summed E-state index contributed by atoms with van der Waals surface area (Å²) in [6, 6.07) is 8.26. The van der Waals surface area contributed by atoms with E-state index >= 15 is 0 Å². The van der Waals surface area contributed by atoms with Crippen LogP contribution < -0.4 is 4.90 Å². The lowest BCUT2D eigenvalue weighted by Gasteiger charge is -2.18. The van der Waals surface area contributed by atoms with E-state index < -0.39 is 0 Å². The summed E-state index contributed by atoms with van der Waals surface area (Å²) in [4.78, 5) is 14.1. The van der Waals surface area contributed by atoms with Gasteiger partial charge >= 0.3 is 0 Å². The van der Waals surface area contributed by atoms with Gasteiger partial charge in [-0.25, -0.2) is 0 Å². The molecular weight excluding hydrogens is 234 g/mol. The summed E-state index contributed by atoms with van der Waals surface area (Å²) < 4.78 is 0. The van der Waals surface area contributed by atoms with Crippen molar-refractivity contribution in [3.05, 3.63) is 35.9 Å². The van der Waals surface area contributed by atoms with Crippen LogP contribution in [0.2, 0.25) is 0 Å². The van der Waals surface area contributed by atoms with Crippen molar-refractivity contribution in [3.63, 3.8) is 0 Å². The summed E-state index contributed by atoms with van der Waals surface area (Å²) >= 11 is 0. The van der Waals surface area contributed by atoms with Crippen molar-refractivity contribution < 1.29 is 4.79 Å². The first kappa shape index (κ1) is 13.9. The highest BCUT2D eigenvalue weighted by atomic mass is 16.1. The maximum Gasteiger partial charge on any atom is 0.158 e. The summed E-state index contributed by atoms with van der Waals surface area (Å²) in [6.45, 7) is 0. The Hall–Kier alpha value is -1.57. The molecule has 1 aromatic rings. The predicted octanol–water partition coefficient (Wildman–Crippen LogP) is 3.92. The first-order chi connectivity index (χ1) is 9.16. The average Bonchev–Trinajstić information content (AvgIpc) is 2.46. The van der Waals surface area contributed by atoms with Gasteiger partial charge in [0, 0.05) is 25.7 Å². The number of hydrogen-bond acceptors (Lipinski definition) is 2. The molecule has 0 saturated heterocycles. The minimum absolute atomic E-state index is 0.269. The van der Waals surface area contributed by atoms with E-state index in [0.29, 0.717) is 5.78 Å². The summed E-state index contributed by atoms with van der Waals surface area (Å²) in [5.41, 5.74) is 2.27. The maximum atomic E-state index is 12.1. The third-order valence-corrected chi connectivity index (χ3v) is 3.86. The van der Waals surface area contributed by atoms with Crippen LogP contribution in [0.4, 0.5) is 5.69 Å². The van der Waals surface area contributed by atoms with Gasteiger partial charge in [-0.05, 0) is 36.6 Å². The van der Waals surface area contributed by atoms with Crippen molar-refractivity contribution in [3.8, 4) is 0 Å². The minimum Gasteiger partial charge on any atom is -0.378 e. The van der Waals surface area contributed by atoms with Gasteiger partial charge in [-0.1, -0.05) is 37.5 Å². The first-order valence-electron chi connectivity index (χ1n) is 7.16. The molecular formula is C17H23NO. The third-order valence-electron chi connectivity index (χ3n) is 3.86. The van der Waals surface area contributed by atoms with Gasteiger partial charge in [0.05, 0.1) is 0 Å². The molecule has 0 aliphatic heterocycles. The van der Waals surface area contributed by atoms with Crippen LogP contribution in [0, 0.1) is 5.92 Å². The van der Waals surface area contributed by atoms with Gasteiger partial charge in [0.1, 0.15) is 0 Å². The zero-order valence-electron chi connectivity index (χ0n) is 11.9. The first-order valence-corrected chi connectivity index (χ1v) is 7.16. The molecule has 2 heteroatoms. The highest BCUT2D eigenvalue weighted by Crippen LogP contribution is 2.25. The van der Waals surface area contributed by atoms with Crippen molar-refractivity contribution in [2.45, 2.75) is 32.1 Å². The average molecular weight is 257 g/mol. The Morgan fingerprint density at radius 3 is 2.32 bits per heavy atom. The Kier molecular flexibility index (Phi) is 4.78. The molecule has 0 bridgehead atoms. The third kappa shape index (κ3) is 3.95. The lowest BCUT2D eigenvalue weighted by molar-refractivity contribution is -0.119. The van der Waals surface area contributed by atoms with Crippen LogP contribution in [0.25, 0.3) is 6.08 Å². The summed E-state index contributed by atoms with van der Waals surface area (Å²) in [7, 11) is 4.05. The van der Waals surface area contributed by atoms with Crippen LogP contribution in [0.1, 0.15) is 37.7 Å². The van der Waals surface area contributed by atoms with Crippen LogP contribution in [0.15, 0.2) is 30.3 Å². The second-order valence-electron chi connectivity index (χ2n) is 5.56. The largest absolute Gasteiger partial charge is 0.378 e. The lowest BCUT2D eigenvalue weighted by atomic mass is 9.86. The van der Waals surface area contributed by atoms with Gasteiger partial charge in [0.15, 0.2) is 5.78 Å². The molecule has 1 aromatic carbocycles. The predicted molar refractivity (Wildman–Crippen MR) is 81.4 cm³/mol. The summed E-state index contributed by atoms with van der Waals surface area (Å²) in [6.07, 6.45) is 9.56. The van der Waals surface area contributed by atoms with Gasteiger partial charge in [0.2, 0.25) is 0 Å². The SMILES string of the molecule is CN(C)c1ccc(/C=C/C(=O)C2CCCCC2)cc1. The fourth-order valence-electron chi connectivity index (χ4n) is 2.59. The van der Waals surface area contributed by atoms with E-state index in [0.717, 1.165) is 18.4 Å². The molecule has 0 N–H and O–H groups in total. The number of rotatable bonds is 4. The Labute approximate surface area is 116 Å². The number of anilines is 1. The molecule has 2 rings (SSSR count). The van der Waals surface area contributed by atoms with Crippen LogP contribution in [-0.2, 0) is 4.79 Å². The maximum absolute atomic E-state index is 12.1. The molecule has 1 aliphatic rings. The van der Waals surface area contributed by atoms with Crippen molar-refractivity contribution in [1.29, 1.82) is 0 Å². The Morgan fingerprint density at radius 1 is 1.11 bits per heavy atom. The molecule has 0 amide bonds. The van der Waals surface area contributed by atoms with Crippen LogP contribution in [0.3, 0.4) is 0 Å². The van der Waals surface area contributed by atoms with Crippen LogP contribution in [0.5, 0.6) is 0 Å². The number of nitrogens with zero attached hydrogens (tertiary/aromatic N) is 1. The Balaban J connectivity index is 1.95. The number of benzene rings is 1. The highest BCUT2D eigenvalue weighted by Gasteiger charge is 2.18. The van der Waals surface area contributed by atoms with Crippen molar-refractivity contribution in [1.82, 2.24) is 0 Å². The minimum atomic E-state index is 0.269. The number of hydrogen-bond donors (Lipinski definition) is 0. The molecule has 1 saturated carbocycles. The Bertz CT molecular complexity index is 439. The number of ketones is 1. The highest BCUT2D eigenvalue weighted by molar-refractivity contribution is 5.95. The van der Waals surface area contributed by atoms with Crippen molar-refractivity contribution in [2.24, 2.45) is 5.92 Å². The van der Waals surface area contributed by atoms with Crippen LogP contribution in [-0.4, -0.2) is 19.9 Å². The monoisotopic (exact) mass is 257 g/mol. The number of carbonyl (C=O) groups excluding carboxylic acids is 1. The smallest absolute Gasteiger partial charge is 0.158 e. The molecule has 1 fully saturated rings. The number of carbonyl (C=O) groups is 1. The molecule has 0 spiro atoms. The molecule has 0 atom stereocenters. The molecule has 0 aromatic heterocycles. The van der Waals surface area contributed by atoms with E-state index in [9.17, 15) is 4.79 Å². The van der Waals surface area contributed by atoms with Gasteiger partial charge in [-0.15, -0.1) is 0 Å². The quantitative estimate of drug-likeness (QED) is 0.762. The fraction of sp³-hybridized carbons (Fsp3) is 0.471. The van der Waals surface area contributed by atoms with Gasteiger partial charge < -0.3 is 4.90 Å². The molecule has 0 heterocycles. The standard InChI is InChI=1S/C17H23NO/c1-18(2)16-11-8-14(9-12-16)10-13-17(19)15-6-4-3-5-7-15/h8-13,15H,3-7H2,1-2H3/b13-10+. The van der Waals surface area contributed by atoms with E-state index in [1.807, 2.05) is 20.2 Å². The second-order valence-corrected chi connectivity index (χ2v) is 5.56. The van der Waals surface area contributed by atoms with Crippen LogP contribution >= 0.6 is 0 Å². The summed E-state index contributed by atoms with van der Waals surface area (Å²) in [5.74, 6) is 0.572. The lowest BCUT2D eigenvalue weighted by Crippen LogP contribution is -2.15. The molecule has 2 nitrogen and oxygen atoms in total. The van der Waals surface area contributed by atoms with Gasteiger partial charge in [0.25, 0.3) is 0 Å². The molecule has 1 aliphatic carbocycles. The zero-order chi connectivity index (χ0) is 13.7. The molecule has 102 valence electrons. The number of allylic oxidation sites excluding steroid dienone is 1. The van der Waals surface area contributed by atoms with Gasteiger partial charge in [-0.3, -0.25) is 4.79 Å². The normalized spacial score (nSPS) is 16.7. The van der Waals surface area contributed by atoms with E-state index in [-0.39, 0.29) is 5.92 Å².